The monoisotopic (exact) mass is 1080 g/mol. The lowest BCUT2D eigenvalue weighted by Gasteiger charge is -2.21. The summed E-state index contributed by atoms with van der Waals surface area (Å²) in [5.41, 5.74) is 6.54. The van der Waals surface area contributed by atoms with Gasteiger partial charge in [-0.15, -0.1) is 10.2 Å². The lowest BCUT2D eigenvalue weighted by molar-refractivity contribution is 0.132. The molecule has 20 heteroatoms. The Kier molecular flexibility index (Phi) is 26.1. The molecule has 20 nitrogen and oxygen atoms in total. The van der Waals surface area contributed by atoms with Crippen molar-refractivity contribution in [1.29, 1.82) is 0 Å². The molecule has 0 saturated carbocycles. The lowest BCUT2D eigenvalue weighted by atomic mass is 9.92. The molecule has 6 aromatic rings. The summed E-state index contributed by atoms with van der Waals surface area (Å²) < 4.78 is 94.2. The zero-order chi connectivity index (χ0) is 55.2. The van der Waals surface area contributed by atoms with Crippen LogP contribution in [0.1, 0.15) is 0 Å². The van der Waals surface area contributed by atoms with Gasteiger partial charge in [-0.25, -0.2) is 0 Å². The molecule has 0 amide bonds. The molecule has 2 heterocycles. The van der Waals surface area contributed by atoms with E-state index in [1.165, 1.54) is 0 Å². The third-order valence-electron chi connectivity index (χ3n) is 11.5. The second-order valence-corrected chi connectivity index (χ2v) is 16.7. The molecule has 0 fully saturated rings. The Bertz CT molecular complexity index is 2550. The van der Waals surface area contributed by atoms with Gasteiger partial charge in [-0.3, -0.25) is 9.97 Å². The van der Waals surface area contributed by atoms with E-state index in [2.05, 4.69) is 9.97 Å². The predicted octanol–water partition coefficient (Wildman–Crippen LogP) is 9.76. The highest BCUT2D eigenvalue weighted by Crippen LogP contribution is 2.50. The van der Waals surface area contributed by atoms with Crippen LogP contribution in [0.3, 0.4) is 0 Å². The average molecular weight is 1080 g/mol. The van der Waals surface area contributed by atoms with Crippen molar-refractivity contribution in [3.8, 4) is 90.5 Å². The van der Waals surface area contributed by atoms with Gasteiger partial charge in [0.25, 0.3) is 0 Å². The molecule has 78 heavy (non-hydrogen) atoms. The second-order valence-electron chi connectivity index (χ2n) is 16.7. The minimum absolute atomic E-state index is 0.203. The molecule has 0 saturated heterocycles. The Morgan fingerprint density at radius 1 is 0.256 bits per heavy atom. The highest BCUT2D eigenvalue weighted by atomic mass is 16.6. The Balaban J connectivity index is 1.71. The van der Waals surface area contributed by atoms with Crippen LogP contribution in [0.4, 0.5) is 11.4 Å². The van der Waals surface area contributed by atoms with Gasteiger partial charge in [-0.2, -0.15) is 0 Å². The highest BCUT2D eigenvalue weighted by molar-refractivity contribution is 5.93. The van der Waals surface area contributed by atoms with Crippen LogP contribution in [0, 0.1) is 0 Å². The van der Waals surface area contributed by atoms with Crippen LogP contribution in [0.5, 0.6) is 46.0 Å². The Hall–Kier alpha value is -7.14. The van der Waals surface area contributed by atoms with Crippen molar-refractivity contribution >= 4 is 11.4 Å². The standard InChI is InChI=1S/C58H72N4O16/c1-63-17-25-71-51-33-43(41-9-13-59-14-10-41)45(35-53(51)73-27-19-65-3)47-37-55(75-29-21-67-5)57(77-31-23-69-7)39-49(47)61-62-50-40-58(78-32-24-70-8)56(76-30-22-68-6)38-48(50)46-36-54(74-28-20-66-4)52(72-26-18-64-2)34-44(46)42-11-15-60-16-12-42/h9-16,33-40H,17-32H2,1-8H3. The molecule has 0 bridgehead atoms. The van der Waals surface area contributed by atoms with Crippen molar-refractivity contribution in [3.63, 3.8) is 0 Å². The number of benzene rings is 4. The minimum Gasteiger partial charge on any atom is -0.487 e. The van der Waals surface area contributed by atoms with E-state index in [1.54, 1.807) is 93.8 Å². The quantitative estimate of drug-likeness (QED) is 0.0262. The fourth-order valence-corrected chi connectivity index (χ4v) is 7.69. The molecule has 6 rings (SSSR count). The first-order valence-corrected chi connectivity index (χ1v) is 25.3. The van der Waals surface area contributed by atoms with E-state index in [0.29, 0.717) is 132 Å². The molecular weight excluding hydrogens is 1010 g/mol. The fraction of sp³-hybridized carbons (Fsp3) is 0.414. The van der Waals surface area contributed by atoms with Crippen molar-refractivity contribution in [2.45, 2.75) is 0 Å². The van der Waals surface area contributed by atoms with E-state index in [1.807, 2.05) is 60.7 Å². The number of azo groups is 1. The topological polar surface area (TPSA) is 198 Å². The van der Waals surface area contributed by atoms with Crippen molar-refractivity contribution in [2.24, 2.45) is 10.2 Å². The molecule has 4 aromatic carbocycles. The number of rotatable bonds is 38. The van der Waals surface area contributed by atoms with Crippen molar-refractivity contribution in [2.75, 3.05) is 163 Å². The Morgan fingerprint density at radius 2 is 0.462 bits per heavy atom. The summed E-state index contributed by atoms with van der Waals surface area (Å²) in [7, 11) is 12.9. The number of methoxy groups -OCH3 is 8. The van der Waals surface area contributed by atoms with E-state index in [9.17, 15) is 0 Å². The fourth-order valence-electron chi connectivity index (χ4n) is 7.69. The normalized spacial score (nSPS) is 11.2. The summed E-state index contributed by atoms with van der Waals surface area (Å²) in [6.45, 7) is 4.41. The van der Waals surface area contributed by atoms with Gasteiger partial charge in [-0.05, 0) is 94.0 Å². The lowest BCUT2D eigenvalue weighted by Crippen LogP contribution is -2.09. The van der Waals surface area contributed by atoms with Crippen LogP contribution in [-0.4, -0.2) is 173 Å². The predicted molar refractivity (Wildman–Crippen MR) is 293 cm³/mol. The average Bonchev–Trinajstić information content (AvgIpc) is 3.52. The van der Waals surface area contributed by atoms with Crippen molar-refractivity contribution in [1.82, 2.24) is 9.97 Å². The molecule has 0 N–H and O–H groups in total. The summed E-state index contributed by atoms with van der Waals surface area (Å²) in [6.07, 6.45) is 6.90. The molecule has 0 aliphatic heterocycles. The number of hydrogen-bond donors (Lipinski definition) is 0. The van der Waals surface area contributed by atoms with E-state index in [4.69, 9.17) is 86.0 Å². The zero-order valence-electron chi connectivity index (χ0n) is 45.9. The third-order valence-corrected chi connectivity index (χ3v) is 11.5. The minimum atomic E-state index is 0.203. The van der Waals surface area contributed by atoms with Crippen LogP contribution in [-0.2, 0) is 37.9 Å². The smallest absolute Gasteiger partial charge is 0.163 e. The summed E-state index contributed by atoms with van der Waals surface area (Å²) in [5.74, 6) is 3.49. The van der Waals surface area contributed by atoms with Gasteiger partial charge in [0.2, 0.25) is 0 Å². The third kappa shape index (κ3) is 17.7. The number of hydrogen-bond acceptors (Lipinski definition) is 20. The Morgan fingerprint density at radius 3 is 0.692 bits per heavy atom. The van der Waals surface area contributed by atoms with E-state index >= 15 is 0 Å². The van der Waals surface area contributed by atoms with Crippen molar-refractivity contribution < 1.29 is 75.8 Å². The molecular formula is C58H72N4O16. The number of nitrogens with zero attached hydrogens (tertiary/aromatic N) is 4. The summed E-state index contributed by atoms with van der Waals surface area (Å²) >= 11 is 0. The van der Waals surface area contributed by atoms with Crippen LogP contribution >= 0.6 is 0 Å². The van der Waals surface area contributed by atoms with Gasteiger partial charge in [-0.1, -0.05) is 0 Å². The van der Waals surface area contributed by atoms with Gasteiger partial charge in [0, 0.05) is 105 Å². The van der Waals surface area contributed by atoms with Crippen LogP contribution in [0.15, 0.2) is 108 Å². The molecule has 2 aromatic heterocycles. The number of pyridine rings is 2. The van der Waals surface area contributed by atoms with Crippen LogP contribution in [0.25, 0.3) is 44.5 Å². The SMILES string of the molecule is COCCOc1cc(N=Nc2cc(OCCOC)c(OCCOC)cc2-c2cc(OCCOC)c(OCCOC)cc2-c2ccncc2)c(-c2cc(OCCOC)c(OCCOC)cc2-c2ccncc2)cc1OCCOC. The Labute approximate surface area is 456 Å². The summed E-state index contributed by atoms with van der Waals surface area (Å²) in [5, 5.41) is 10.3. The molecule has 0 atom stereocenters. The number of aromatic nitrogens is 2. The first kappa shape index (κ1) is 60.1. The maximum absolute atomic E-state index is 6.42. The molecule has 0 spiro atoms. The maximum atomic E-state index is 6.42. The zero-order valence-corrected chi connectivity index (χ0v) is 45.9. The van der Waals surface area contributed by atoms with Gasteiger partial charge in [0.15, 0.2) is 46.0 Å². The molecule has 0 aliphatic rings. The first-order chi connectivity index (χ1) is 38.4. The van der Waals surface area contributed by atoms with Gasteiger partial charge >= 0.3 is 0 Å². The van der Waals surface area contributed by atoms with E-state index < -0.39 is 0 Å². The maximum Gasteiger partial charge on any atom is 0.163 e. The van der Waals surface area contributed by atoms with E-state index in [0.717, 1.165) is 22.3 Å². The molecule has 0 aliphatic carbocycles. The van der Waals surface area contributed by atoms with Gasteiger partial charge in [0.1, 0.15) is 52.9 Å². The number of ether oxygens (including phenoxy) is 16. The highest BCUT2D eigenvalue weighted by Gasteiger charge is 2.24. The summed E-state index contributed by atoms with van der Waals surface area (Å²) in [6, 6.07) is 22.7. The molecule has 0 radical (unpaired) electrons. The van der Waals surface area contributed by atoms with Gasteiger partial charge < -0.3 is 75.8 Å². The molecule has 420 valence electrons. The van der Waals surface area contributed by atoms with Crippen molar-refractivity contribution in [3.05, 3.63) is 97.6 Å². The van der Waals surface area contributed by atoms with Gasteiger partial charge in [0.05, 0.1) is 64.2 Å². The van der Waals surface area contributed by atoms with E-state index in [-0.39, 0.29) is 52.9 Å². The molecule has 0 unspecified atom stereocenters. The second kappa shape index (κ2) is 33.9. The largest absolute Gasteiger partial charge is 0.487 e. The van der Waals surface area contributed by atoms with Crippen LogP contribution in [0.2, 0.25) is 0 Å². The summed E-state index contributed by atoms with van der Waals surface area (Å²) in [4.78, 5) is 8.66. The first-order valence-electron chi connectivity index (χ1n) is 25.3. The van der Waals surface area contributed by atoms with Crippen LogP contribution < -0.4 is 37.9 Å².